The standard InChI is InChI=1S/C15H31N3O2S/c1-3-5-14(15(16)21)18-9-7-17(8-10-18)6-4-11-20-13-12-19-2/h14H,3-13H2,1-2H3,(H2,16,21). The second-order valence-electron chi connectivity index (χ2n) is 5.54. The molecule has 21 heavy (non-hydrogen) atoms. The van der Waals surface area contributed by atoms with Crippen molar-refractivity contribution in [2.45, 2.75) is 32.2 Å². The van der Waals surface area contributed by atoms with E-state index in [0.717, 1.165) is 58.6 Å². The fourth-order valence-corrected chi connectivity index (χ4v) is 2.98. The van der Waals surface area contributed by atoms with Gasteiger partial charge in [0.05, 0.1) is 24.2 Å². The van der Waals surface area contributed by atoms with E-state index in [2.05, 4.69) is 16.7 Å². The van der Waals surface area contributed by atoms with E-state index in [1.54, 1.807) is 7.11 Å². The zero-order valence-electron chi connectivity index (χ0n) is 13.6. The fraction of sp³-hybridized carbons (Fsp3) is 0.933. The average Bonchev–Trinajstić information content (AvgIpc) is 2.49. The molecule has 0 radical (unpaired) electrons. The number of rotatable bonds is 11. The molecule has 2 N–H and O–H groups in total. The molecule has 0 spiro atoms. The average molecular weight is 317 g/mol. The molecule has 6 heteroatoms. The summed E-state index contributed by atoms with van der Waals surface area (Å²) in [6, 6.07) is 0.282. The summed E-state index contributed by atoms with van der Waals surface area (Å²) in [4.78, 5) is 5.59. The molecule has 1 heterocycles. The molecular weight excluding hydrogens is 286 g/mol. The normalized spacial score (nSPS) is 18.8. The van der Waals surface area contributed by atoms with Gasteiger partial charge in [-0.05, 0) is 12.8 Å². The Morgan fingerprint density at radius 3 is 2.48 bits per heavy atom. The zero-order chi connectivity index (χ0) is 15.5. The minimum Gasteiger partial charge on any atom is -0.392 e. The number of piperazine rings is 1. The Bertz CT molecular complexity index is 284. The van der Waals surface area contributed by atoms with Crippen LogP contribution < -0.4 is 5.73 Å². The smallest absolute Gasteiger partial charge is 0.0902 e. The largest absolute Gasteiger partial charge is 0.392 e. The first-order valence-corrected chi connectivity index (χ1v) is 8.42. The maximum absolute atomic E-state index is 5.88. The molecule has 1 unspecified atom stereocenters. The van der Waals surface area contributed by atoms with Crippen LogP contribution in [0.3, 0.4) is 0 Å². The van der Waals surface area contributed by atoms with E-state index in [0.29, 0.717) is 18.2 Å². The quantitative estimate of drug-likeness (QED) is 0.455. The highest BCUT2D eigenvalue weighted by Crippen LogP contribution is 2.12. The molecule has 1 rings (SSSR count). The van der Waals surface area contributed by atoms with E-state index in [9.17, 15) is 0 Å². The van der Waals surface area contributed by atoms with Gasteiger partial charge in [0.2, 0.25) is 0 Å². The molecule has 1 aliphatic rings. The summed E-state index contributed by atoms with van der Waals surface area (Å²) in [5.41, 5.74) is 5.88. The van der Waals surface area contributed by atoms with Crippen LogP contribution >= 0.6 is 12.2 Å². The SMILES string of the molecule is CCCC(C(N)=S)N1CCN(CCCOCCOC)CC1. The van der Waals surface area contributed by atoms with Gasteiger partial charge in [0.1, 0.15) is 0 Å². The Labute approximate surface area is 134 Å². The van der Waals surface area contributed by atoms with Crippen LogP contribution in [0.1, 0.15) is 26.2 Å². The molecule has 0 aromatic carbocycles. The molecule has 0 saturated carbocycles. The first-order chi connectivity index (χ1) is 10.2. The number of ether oxygens (including phenoxy) is 2. The highest BCUT2D eigenvalue weighted by molar-refractivity contribution is 7.80. The minimum absolute atomic E-state index is 0.282. The molecule has 1 fully saturated rings. The van der Waals surface area contributed by atoms with Crippen LogP contribution in [0, 0.1) is 0 Å². The minimum atomic E-state index is 0.282. The number of methoxy groups -OCH3 is 1. The van der Waals surface area contributed by atoms with Gasteiger partial charge in [-0.25, -0.2) is 0 Å². The lowest BCUT2D eigenvalue weighted by molar-refractivity contribution is 0.0593. The maximum atomic E-state index is 5.88. The lowest BCUT2D eigenvalue weighted by Crippen LogP contribution is -2.53. The Hall–Kier alpha value is -0.270. The van der Waals surface area contributed by atoms with Gasteiger partial charge in [-0.3, -0.25) is 4.90 Å². The van der Waals surface area contributed by atoms with Crippen molar-refractivity contribution in [3.63, 3.8) is 0 Å². The van der Waals surface area contributed by atoms with Crippen LogP contribution in [0.2, 0.25) is 0 Å². The van der Waals surface area contributed by atoms with Crippen molar-refractivity contribution in [1.29, 1.82) is 0 Å². The Morgan fingerprint density at radius 1 is 1.19 bits per heavy atom. The highest BCUT2D eigenvalue weighted by atomic mass is 32.1. The number of hydrogen-bond donors (Lipinski definition) is 1. The van der Waals surface area contributed by atoms with Crippen molar-refractivity contribution >= 4 is 17.2 Å². The molecule has 0 amide bonds. The van der Waals surface area contributed by atoms with E-state index in [4.69, 9.17) is 27.4 Å². The van der Waals surface area contributed by atoms with Crippen molar-refractivity contribution in [2.24, 2.45) is 5.73 Å². The van der Waals surface area contributed by atoms with Gasteiger partial charge in [0.15, 0.2) is 0 Å². The lowest BCUT2D eigenvalue weighted by Gasteiger charge is -2.39. The molecule has 0 bridgehead atoms. The summed E-state index contributed by atoms with van der Waals surface area (Å²) >= 11 is 5.21. The molecule has 124 valence electrons. The topological polar surface area (TPSA) is 51.0 Å². The molecule has 0 aromatic heterocycles. The second kappa shape index (κ2) is 11.3. The van der Waals surface area contributed by atoms with Gasteiger partial charge in [-0.1, -0.05) is 25.6 Å². The number of hydrogen-bond acceptors (Lipinski definition) is 5. The zero-order valence-corrected chi connectivity index (χ0v) is 14.4. The Morgan fingerprint density at radius 2 is 1.90 bits per heavy atom. The third-order valence-electron chi connectivity index (χ3n) is 3.93. The first kappa shape index (κ1) is 18.8. The molecule has 5 nitrogen and oxygen atoms in total. The van der Waals surface area contributed by atoms with Gasteiger partial charge in [-0.15, -0.1) is 0 Å². The lowest BCUT2D eigenvalue weighted by atomic mass is 10.1. The van der Waals surface area contributed by atoms with Crippen LogP contribution in [-0.2, 0) is 9.47 Å². The number of nitrogens with two attached hydrogens (primary N) is 1. The van der Waals surface area contributed by atoms with Crippen molar-refractivity contribution in [3.05, 3.63) is 0 Å². The van der Waals surface area contributed by atoms with Crippen LogP contribution in [0.5, 0.6) is 0 Å². The van der Waals surface area contributed by atoms with Crippen molar-refractivity contribution in [2.75, 3.05) is 59.7 Å². The summed E-state index contributed by atoms with van der Waals surface area (Å²) in [5.74, 6) is 0. The number of nitrogens with zero attached hydrogens (tertiary/aromatic N) is 2. The number of thiocarbonyl (C=S) groups is 1. The summed E-state index contributed by atoms with van der Waals surface area (Å²) in [6.07, 6.45) is 3.28. The molecule has 0 aliphatic carbocycles. The molecule has 1 atom stereocenters. The monoisotopic (exact) mass is 317 g/mol. The summed E-state index contributed by atoms with van der Waals surface area (Å²) in [7, 11) is 1.70. The Kier molecular flexibility index (Phi) is 10.1. The molecule has 1 saturated heterocycles. The fourth-order valence-electron chi connectivity index (χ4n) is 2.71. The predicted octanol–water partition coefficient (Wildman–Crippen LogP) is 1.11. The van der Waals surface area contributed by atoms with Crippen LogP contribution in [0.15, 0.2) is 0 Å². The predicted molar refractivity (Wildman–Crippen MR) is 90.8 cm³/mol. The van der Waals surface area contributed by atoms with Crippen LogP contribution in [0.25, 0.3) is 0 Å². The highest BCUT2D eigenvalue weighted by Gasteiger charge is 2.24. The van der Waals surface area contributed by atoms with Gasteiger partial charge in [0, 0.05) is 46.4 Å². The third kappa shape index (κ3) is 7.51. The van der Waals surface area contributed by atoms with Crippen molar-refractivity contribution in [1.82, 2.24) is 9.80 Å². The van der Waals surface area contributed by atoms with Gasteiger partial charge < -0.3 is 20.1 Å². The molecule has 0 aromatic rings. The van der Waals surface area contributed by atoms with Crippen molar-refractivity contribution in [3.8, 4) is 0 Å². The van der Waals surface area contributed by atoms with E-state index in [-0.39, 0.29) is 6.04 Å². The summed E-state index contributed by atoms with van der Waals surface area (Å²) in [5, 5.41) is 0. The second-order valence-corrected chi connectivity index (χ2v) is 6.01. The van der Waals surface area contributed by atoms with E-state index >= 15 is 0 Å². The van der Waals surface area contributed by atoms with E-state index < -0.39 is 0 Å². The third-order valence-corrected chi connectivity index (χ3v) is 4.21. The summed E-state index contributed by atoms with van der Waals surface area (Å²) in [6.45, 7) is 9.79. The van der Waals surface area contributed by atoms with E-state index in [1.165, 1.54) is 0 Å². The van der Waals surface area contributed by atoms with E-state index in [1.807, 2.05) is 0 Å². The molecular formula is C15H31N3O2S. The first-order valence-electron chi connectivity index (χ1n) is 8.01. The van der Waals surface area contributed by atoms with Gasteiger partial charge in [-0.2, -0.15) is 0 Å². The van der Waals surface area contributed by atoms with Crippen molar-refractivity contribution < 1.29 is 9.47 Å². The van der Waals surface area contributed by atoms with Crippen LogP contribution in [0.4, 0.5) is 0 Å². The van der Waals surface area contributed by atoms with Crippen LogP contribution in [-0.4, -0.2) is 80.5 Å². The van der Waals surface area contributed by atoms with Gasteiger partial charge in [0.25, 0.3) is 0 Å². The van der Waals surface area contributed by atoms with Gasteiger partial charge >= 0.3 is 0 Å². The maximum Gasteiger partial charge on any atom is 0.0902 e. The molecule has 1 aliphatic heterocycles. The Balaban J connectivity index is 2.15. The summed E-state index contributed by atoms with van der Waals surface area (Å²) < 4.78 is 10.4.